The van der Waals surface area contributed by atoms with Gasteiger partial charge in [0.2, 0.25) is 0 Å². The van der Waals surface area contributed by atoms with Crippen molar-refractivity contribution in [3.8, 4) is 0 Å². The van der Waals surface area contributed by atoms with Crippen LogP contribution >= 0.6 is 76.1 Å². The summed E-state index contributed by atoms with van der Waals surface area (Å²) in [6.07, 6.45) is -0.775. The fourth-order valence-corrected chi connectivity index (χ4v) is 4.33. The highest BCUT2D eigenvalue weighted by molar-refractivity contribution is 14.0. The molecule has 0 spiro atoms. The number of nitrogens with zero attached hydrogens (tertiary/aromatic N) is 5. The summed E-state index contributed by atoms with van der Waals surface area (Å²) in [6.45, 7) is 0.128. The number of halogens is 2. The number of aliphatic hydroxyl groups is 6. The van der Waals surface area contributed by atoms with Gasteiger partial charge in [-0.05, 0) is 37.0 Å². The normalized spacial score (nSPS) is 12.8. The molecule has 1 amide bonds. The van der Waals surface area contributed by atoms with E-state index in [4.69, 9.17) is 28.8 Å². The number of nitrogen functional groups attached to an aromatic ring is 2. The number of benzene rings is 1. The van der Waals surface area contributed by atoms with Crippen LogP contribution in [0.2, 0.25) is 5.15 Å². The van der Waals surface area contributed by atoms with E-state index in [-0.39, 0.29) is 113 Å². The molecule has 0 unspecified atom stereocenters. The van der Waals surface area contributed by atoms with Gasteiger partial charge in [0.05, 0.1) is 38.1 Å². The number of anilines is 3. The number of guanidine groups is 1. The standard InChI is InChI=1S/C27H44ClN9O7.HI.3H2S/c28-23-25(30)34-24(29)22(33-23)26(44)35-27(31)32-8-2-1-3-17-4-6-18(7-5-17)37(13-21(43)16-40)10-9-36(11-19(41)14-38)12-20(42)15-39;;;;/h4-7,19-21,38-43H,1-3,8-16H2,(H4,29,30,34)(H3,31,32,35,44);1H;3*1H2/t19-,20-,21-;;;;/m0..../s1. The molecule has 1 aromatic carbocycles. The second-order valence-electron chi connectivity index (χ2n) is 10.2. The van der Waals surface area contributed by atoms with E-state index in [0.717, 1.165) is 24.1 Å². The van der Waals surface area contributed by atoms with Crippen LogP contribution in [0.3, 0.4) is 0 Å². The number of hydrogen-bond acceptors (Lipinski definition) is 14. The zero-order valence-corrected chi connectivity index (χ0v) is 32.5. The first-order chi connectivity index (χ1) is 21.0. The van der Waals surface area contributed by atoms with Gasteiger partial charge < -0.3 is 52.7 Å². The second kappa shape index (κ2) is 27.2. The molecule has 1 heterocycles. The molecule has 0 bridgehead atoms. The van der Waals surface area contributed by atoms with Gasteiger partial charge in [-0.3, -0.25) is 20.0 Å². The van der Waals surface area contributed by atoms with Crippen molar-refractivity contribution in [1.29, 1.82) is 0 Å². The molecule has 21 heteroatoms. The maximum absolute atomic E-state index is 12.3. The first-order valence-corrected chi connectivity index (χ1v) is 14.5. The highest BCUT2D eigenvalue weighted by Gasteiger charge is 2.19. The topological polar surface area (TPSA) is 273 Å². The lowest BCUT2D eigenvalue weighted by Crippen LogP contribution is -2.45. The number of unbranched alkanes of at least 4 members (excludes halogenated alkanes) is 1. The third-order valence-electron chi connectivity index (χ3n) is 6.51. The van der Waals surface area contributed by atoms with Crippen molar-refractivity contribution in [3.05, 3.63) is 40.7 Å². The zero-order valence-electron chi connectivity index (χ0n) is 26.4. The molecule has 2 aromatic rings. The first kappa shape index (κ1) is 50.8. The molecule has 0 aliphatic rings. The second-order valence-corrected chi connectivity index (χ2v) is 10.6. The Bertz CT molecular complexity index is 1200. The van der Waals surface area contributed by atoms with Gasteiger partial charge in [0.25, 0.3) is 5.91 Å². The quantitative estimate of drug-likeness (QED) is 0.0333. The number of aryl methyl sites for hydroxylation is 1. The molecule has 0 aliphatic heterocycles. The van der Waals surface area contributed by atoms with Gasteiger partial charge >= 0.3 is 0 Å². The van der Waals surface area contributed by atoms with Crippen LogP contribution in [0.15, 0.2) is 29.3 Å². The molecule has 1 aromatic heterocycles. The van der Waals surface area contributed by atoms with E-state index in [1.54, 1.807) is 4.90 Å². The SMILES string of the molecule is I.NC(=NCCCCc1ccc(N(CCN(C[C@H](O)CO)C[C@H](O)CO)C[C@H](O)CO)cc1)NC(=O)c1nc(Cl)c(N)nc1N.S.S.S. The number of carbonyl (C=O) groups excluding carboxylic acids is 1. The van der Waals surface area contributed by atoms with Gasteiger partial charge in [0.1, 0.15) is 0 Å². The molecule has 278 valence electrons. The highest BCUT2D eigenvalue weighted by atomic mass is 127. The molecular weight excluding hydrogens is 821 g/mol. The molecule has 2 rings (SSSR count). The average molecular weight is 872 g/mol. The van der Waals surface area contributed by atoms with Crippen LogP contribution in [-0.2, 0) is 6.42 Å². The predicted molar refractivity (Wildman–Crippen MR) is 214 cm³/mol. The van der Waals surface area contributed by atoms with Crippen molar-refractivity contribution in [1.82, 2.24) is 20.2 Å². The van der Waals surface area contributed by atoms with Crippen molar-refractivity contribution in [2.45, 2.75) is 37.6 Å². The van der Waals surface area contributed by atoms with Crippen LogP contribution in [0.1, 0.15) is 28.9 Å². The minimum atomic E-state index is -1.01. The summed E-state index contributed by atoms with van der Waals surface area (Å²) in [5.41, 5.74) is 18.6. The Morgan fingerprint density at radius 1 is 0.854 bits per heavy atom. The number of aliphatic imine (C=N–C) groups is 1. The van der Waals surface area contributed by atoms with Crippen molar-refractivity contribution in [3.63, 3.8) is 0 Å². The Morgan fingerprint density at radius 3 is 1.94 bits per heavy atom. The summed E-state index contributed by atoms with van der Waals surface area (Å²) in [6, 6.07) is 7.71. The lowest BCUT2D eigenvalue weighted by molar-refractivity contribution is 0.0240. The fraction of sp³-hybridized carbons (Fsp3) is 0.556. The minimum Gasteiger partial charge on any atom is -0.394 e. The maximum Gasteiger partial charge on any atom is 0.280 e. The van der Waals surface area contributed by atoms with Crippen molar-refractivity contribution in [2.75, 3.05) is 75.5 Å². The Morgan fingerprint density at radius 2 is 1.40 bits per heavy atom. The zero-order chi connectivity index (χ0) is 32.6. The monoisotopic (exact) mass is 871 g/mol. The molecule has 3 atom stereocenters. The third kappa shape index (κ3) is 18.4. The van der Waals surface area contributed by atoms with E-state index in [1.165, 1.54) is 0 Å². The number of nitrogens with two attached hydrogens (primary N) is 3. The van der Waals surface area contributed by atoms with Crippen LogP contribution in [0.25, 0.3) is 0 Å². The molecule has 0 radical (unpaired) electrons. The van der Waals surface area contributed by atoms with Gasteiger partial charge in [-0.25, -0.2) is 9.97 Å². The Balaban J connectivity index is -0.00000506. The lowest BCUT2D eigenvalue weighted by Gasteiger charge is -2.32. The highest BCUT2D eigenvalue weighted by Crippen LogP contribution is 2.18. The summed E-state index contributed by atoms with van der Waals surface area (Å²) in [5, 5.41) is 59.9. The van der Waals surface area contributed by atoms with Gasteiger partial charge in [0, 0.05) is 45.0 Å². The summed E-state index contributed by atoms with van der Waals surface area (Å²) in [4.78, 5) is 27.6. The van der Waals surface area contributed by atoms with Gasteiger partial charge in [-0.2, -0.15) is 40.5 Å². The van der Waals surface area contributed by atoms with Crippen LogP contribution in [0.4, 0.5) is 17.3 Å². The largest absolute Gasteiger partial charge is 0.394 e. The number of hydrogen-bond donors (Lipinski definition) is 10. The fourth-order valence-electron chi connectivity index (χ4n) is 4.21. The Labute approximate surface area is 323 Å². The molecule has 0 aliphatic carbocycles. The van der Waals surface area contributed by atoms with E-state index in [1.807, 2.05) is 29.2 Å². The number of aromatic nitrogens is 2. The molecule has 16 nitrogen and oxygen atoms in total. The van der Waals surface area contributed by atoms with E-state index < -0.39 is 44.0 Å². The number of carbonyl (C=O) groups is 1. The molecule has 0 fully saturated rings. The van der Waals surface area contributed by atoms with Crippen LogP contribution < -0.4 is 27.4 Å². The summed E-state index contributed by atoms with van der Waals surface area (Å²) < 4.78 is 0. The molecule has 48 heavy (non-hydrogen) atoms. The number of aliphatic hydroxyl groups excluding tert-OH is 6. The molecule has 13 N–H and O–H groups in total. The number of amides is 1. The van der Waals surface area contributed by atoms with Crippen LogP contribution in [0, 0.1) is 0 Å². The molecule has 0 saturated heterocycles. The summed E-state index contributed by atoms with van der Waals surface area (Å²) in [5.74, 6) is -1.09. The lowest BCUT2D eigenvalue weighted by atomic mass is 10.1. The first-order valence-electron chi connectivity index (χ1n) is 14.1. The Hall–Kier alpha value is -1.57. The van der Waals surface area contributed by atoms with E-state index in [0.29, 0.717) is 26.1 Å². The van der Waals surface area contributed by atoms with Crippen molar-refractivity contribution in [2.24, 2.45) is 10.7 Å². The van der Waals surface area contributed by atoms with Gasteiger partial charge in [0.15, 0.2) is 28.4 Å². The van der Waals surface area contributed by atoms with E-state index >= 15 is 0 Å². The molecular formula is C27H51ClIN9O7S3. The van der Waals surface area contributed by atoms with Crippen molar-refractivity contribution < 1.29 is 35.4 Å². The van der Waals surface area contributed by atoms with Crippen LogP contribution in [0.5, 0.6) is 0 Å². The number of rotatable bonds is 19. The Kier molecular flexibility index (Phi) is 28.8. The third-order valence-corrected chi connectivity index (χ3v) is 6.78. The van der Waals surface area contributed by atoms with Gasteiger partial charge in [-0.15, -0.1) is 24.0 Å². The average Bonchev–Trinajstić information content (AvgIpc) is 3.00. The predicted octanol–water partition coefficient (Wildman–Crippen LogP) is -1.51. The van der Waals surface area contributed by atoms with Crippen molar-refractivity contribution >= 4 is 105 Å². The summed E-state index contributed by atoms with van der Waals surface area (Å²) in [7, 11) is 0. The molecule has 0 saturated carbocycles. The van der Waals surface area contributed by atoms with Crippen LogP contribution in [-0.4, -0.2) is 135 Å². The van der Waals surface area contributed by atoms with Gasteiger partial charge in [-0.1, -0.05) is 23.7 Å². The number of nitrogens with one attached hydrogen (secondary N) is 1. The smallest absolute Gasteiger partial charge is 0.280 e. The van der Waals surface area contributed by atoms with E-state index in [2.05, 4.69) is 20.3 Å². The maximum atomic E-state index is 12.3. The summed E-state index contributed by atoms with van der Waals surface area (Å²) >= 11 is 5.80. The minimum absolute atomic E-state index is 0. The van der Waals surface area contributed by atoms with E-state index in [9.17, 15) is 35.4 Å².